The zero-order valence-corrected chi connectivity index (χ0v) is 9.21. The second kappa shape index (κ2) is 4.44. The third kappa shape index (κ3) is 1.96. The molecule has 4 nitrogen and oxygen atoms in total. The SMILES string of the molecule is CSc1cc(-c2ncc(C=O)cc2F)[nH]n1. The summed E-state index contributed by atoms with van der Waals surface area (Å²) >= 11 is 1.45. The zero-order chi connectivity index (χ0) is 11.5. The van der Waals surface area contributed by atoms with Gasteiger partial charge in [0.05, 0.1) is 5.69 Å². The van der Waals surface area contributed by atoms with E-state index in [0.29, 0.717) is 12.0 Å². The van der Waals surface area contributed by atoms with E-state index in [1.54, 1.807) is 6.07 Å². The zero-order valence-electron chi connectivity index (χ0n) is 8.40. The van der Waals surface area contributed by atoms with Crippen LogP contribution < -0.4 is 0 Å². The van der Waals surface area contributed by atoms with Crippen LogP contribution in [-0.4, -0.2) is 27.7 Å². The first-order valence-electron chi connectivity index (χ1n) is 4.45. The maximum absolute atomic E-state index is 13.6. The summed E-state index contributed by atoms with van der Waals surface area (Å²) in [7, 11) is 0. The van der Waals surface area contributed by atoms with E-state index in [0.717, 1.165) is 11.1 Å². The number of halogens is 1. The van der Waals surface area contributed by atoms with Crippen molar-refractivity contribution >= 4 is 18.0 Å². The summed E-state index contributed by atoms with van der Waals surface area (Å²) in [6, 6.07) is 2.85. The Morgan fingerprint density at radius 2 is 2.31 bits per heavy atom. The van der Waals surface area contributed by atoms with Crippen LogP contribution in [0.3, 0.4) is 0 Å². The van der Waals surface area contributed by atoms with E-state index in [-0.39, 0.29) is 11.3 Å². The number of H-pyrrole nitrogens is 1. The Morgan fingerprint density at radius 3 is 2.88 bits per heavy atom. The number of nitrogens with one attached hydrogen (secondary N) is 1. The van der Waals surface area contributed by atoms with Gasteiger partial charge in [-0.1, -0.05) is 0 Å². The summed E-state index contributed by atoms with van der Waals surface area (Å²) in [5.74, 6) is -0.541. The highest BCUT2D eigenvalue weighted by atomic mass is 32.2. The van der Waals surface area contributed by atoms with Crippen LogP contribution in [0.2, 0.25) is 0 Å². The molecule has 2 aromatic heterocycles. The molecule has 2 rings (SSSR count). The van der Waals surface area contributed by atoms with Crippen molar-refractivity contribution < 1.29 is 9.18 Å². The number of nitrogens with zero attached hydrogens (tertiary/aromatic N) is 2. The van der Waals surface area contributed by atoms with Crippen molar-refractivity contribution in [2.45, 2.75) is 5.03 Å². The van der Waals surface area contributed by atoms with Gasteiger partial charge in [-0.25, -0.2) is 4.39 Å². The fraction of sp³-hybridized carbons (Fsp3) is 0.100. The van der Waals surface area contributed by atoms with Gasteiger partial charge in [-0.15, -0.1) is 11.8 Å². The summed E-state index contributed by atoms with van der Waals surface area (Å²) in [6.45, 7) is 0. The molecule has 16 heavy (non-hydrogen) atoms. The molecule has 2 aromatic rings. The fourth-order valence-corrected chi connectivity index (χ4v) is 1.62. The summed E-state index contributed by atoms with van der Waals surface area (Å²) in [5.41, 5.74) is 0.878. The van der Waals surface area contributed by atoms with Gasteiger partial charge in [0.25, 0.3) is 0 Å². The number of hydrogen-bond acceptors (Lipinski definition) is 4. The molecule has 0 spiro atoms. The minimum Gasteiger partial charge on any atom is -0.298 e. The normalized spacial score (nSPS) is 10.4. The predicted molar refractivity (Wildman–Crippen MR) is 58.9 cm³/mol. The van der Waals surface area contributed by atoms with Gasteiger partial charge in [0, 0.05) is 11.8 Å². The highest BCUT2D eigenvalue weighted by molar-refractivity contribution is 7.98. The molecule has 0 aromatic carbocycles. The third-order valence-electron chi connectivity index (χ3n) is 2.02. The van der Waals surface area contributed by atoms with Gasteiger partial charge in [0.2, 0.25) is 0 Å². The maximum atomic E-state index is 13.6. The first-order chi connectivity index (χ1) is 7.74. The van der Waals surface area contributed by atoms with E-state index in [9.17, 15) is 9.18 Å². The van der Waals surface area contributed by atoms with Crippen LogP contribution in [0.4, 0.5) is 4.39 Å². The maximum Gasteiger partial charge on any atom is 0.151 e. The van der Waals surface area contributed by atoms with Crippen molar-refractivity contribution in [3.8, 4) is 11.4 Å². The molecule has 0 aliphatic rings. The standard InChI is InChI=1S/C10H8FN3OS/c1-16-9-3-8(13-14-9)10-7(11)2-6(5-15)4-12-10/h2-5H,1H3,(H,13,14). The first kappa shape index (κ1) is 10.8. The van der Waals surface area contributed by atoms with Crippen LogP contribution in [0.5, 0.6) is 0 Å². The Labute approximate surface area is 95.3 Å². The summed E-state index contributed by atoms with van der Waals surface area (Å²) in [6.07, 6.45) is 3.75. The summed E-state index contributed by atoms with van der Waals surface area (Å²) < 4.78 is 13.6. The first-order valence-corrected chi connectivity index (χ1v) is 5.67. The Bertz CT molecular complexity index is 527. The Balaban J connectivity index is 2.43. The topological polar surface area (TPSA) is 58.6 Å². The van der Waals surface area contributed by atoms with E-state index >= 15 is 0 Å². The average Bonchev–Trinajstić information content (AvgIpc) is 2.77. The second-order valence-electron chi connectivity index (χ2n) is 3.04. The molecule has 0 aliphatic carbocycles. The average molecular weight is 237 g/mol. The minimum absolute atomic E-state index is 0.165. The van der Waals surface area contributed by atoms with Crippen molar-refractivity contribution in [3.05, 3.63) is 29.7 Å². The molecule has 0 amide bonds. The molecule has 0 saturated carbocycles. The van der Waals surface area contributed by atoms with Crippen molar-refractivity contribution in [1.82, 2.24) is 15.2 Å². The lowest BCUT2D eigenvalue weighted by Crippen LogP contribution is -1.92. The molecule has 0 saturated heterocycles. The van der Waals surface area contributed by atoms with Gasteiger partial charge >= 0.3 is 0 Å². The Hall–Kier alpha value is -1.69. The van der Waals surface area contributed by atoms with Gasteiger partial charge in [-0.05, 0) is 18.4 Å². The van der Waals surface area contributed by atoms with E-state index < -0.39 is 5.82 Å². The lowest BCUT2D eigenvalue weighted by atomic mass is 10.2. The van der Waals surface area contributed by atoms with Gasteiger partial charge < -0.3 is 0 Å². The lowest BCUT2D eigenvalue weighted by molar-refractivity contribution is 0.112. The molecule has 0 atom stereocenters. The van der Waals surface area contributed by atoms with Crippen LogP contribution in [0.1, 0.15) is 10.4 Å². The minimum atomic E-state index is -0.541. The summed E-state index contributed by atoms with van der Waals surface area (Å²) in [4.78, 5) is 14.3. The molecule has 0 unspecified atom stereocenters. The number of rotatable bonds is 3. The van der Waals surface area contributed by atoms with Gasteiger partial charge in [-0.3, -0.25) is 14.9 Å². The second-order valence-corrected chi connectivity index (χ2v) is 3.87. The smallest absolute Gasteiger partial charge is 0.151 e. The lowest BCUT2D eigenvalue weighted by Gasteiger charge is -1.98. The fourth-order valence-electron chi connectivity index (χ4n) is 1.24. The molecular weight excluding hydrogens is 229 g/mol. The van der Waals surface area contributed by atoms with Gasteiger partial charge in [0.1, 0.15) is 10.7 Å². The van der Waals surface area contributed by atoms with E-state index in [4.69, 9.17) is 0 Å². The molecule has 82 valence electrons. The largest absolute Gasteiger partial charge is 0.298 e. The molecule has 2 heterocycles. The number of thioether (sulfide) groups is 1. The number of aldehydes is 1. The molecule has 0 aliphatic heterocycles. The van der Waals surface area contributed by atoms with Crippen LogP contribution >= 0.6 is 11.8 Å². The Kier molecular flexibility index (Phi) is 3.00. The molecule has 0 radical (unpaired) electrons. The molecule has 0 bridgehead atoms. The van der Waals surface area contributed by atoms with E-state index in [1.165, 1.54) is 18.0 Å². The number of aromatic nitrogens is 3. The van der Waals surface area contributed by atoms with Crippen LogP contribution in [0, 0.1) is 5.82 Å². The third-order valence-corrected chi connectivity index (χ3v) is 2.64. The molecular formula is C10H8FN3OS. The highest BCUT2D eigenvalue weighted by Gasteiger charge is 2.10. The number of carbonyl (C=O) groups excluding carboxylic acids is 1. The van der Waals surface area contributed by atoms with E-state index in [1.807, 2.05) is 6.26 Å². The van der Waals surface area contributed by atoms with Crippen molar-refractivity contribution in [1.29, 1.82) is 0 Å². The molecule has 0 fully saturated rings. The predicted octanol–water partition coefficient (Wildman–Crippen LogP) is 2.15. The van der Waals surface area contributed by atoms with Gasteiger partial charge in [-0.2, -0.15) is 5.10 Å². The number of aromatic amines is 1. The quantitative estimate of drug-likeness (QED) is 0.656. The van der Waals surface area contributed by atoms with Crippen LogP contribution in [0.25, 0.3) is 11.4 Å². The van der Waals surface area contributed by atoms with Crippen molar-refractivity contribution in [3.63, 3.8) is 0 Å². The van der Waals surface area contributed by atoms with Crippen molar-refractivity contribution in [2.24, 2.45) is 0 Å². The summed E-state index contributed by atoms with van der Waals surface area (Å²) in [5, 5.41) is 7.41. The highest BCUT2D eigenvalue weighted by Crippen LogP contribution is 2.22. The molecule has 1 N–H and O–H groups in total. The van der Waals surface area contributed by atoms with Crippen LogP contribution in [-0.2, 0) is 0 Å². The number of hydrogen-bond donors (Lipinski definition) is 1. The van der Waals surface area contributed by atoms with Crippen molar-refractivity contribution in [2.75, 3.05) is 6.26 Å². The number of carbonyl (C=O) groups is 1. The monoisotopic (exact) mass is 237 g/mol. The van der Waals surface area contributed by atoms with Crippen LogP contribution in [0.15, 0.2) is 23.4 Å². The van der Waals surface area contributed by atoms with Gasteiger partial charge in [0.15, 0.2) is 12.1 Å². The molecule has 6 heteroatoms. The number of pyridine rings is 1. The van der Waals surface area contributed by atoms with E-state index in [2.05, 4.69) is 15.2 Å². The Morgan fingerprint density at radius 1 is 1.50 bits per heavy atom.